The van der Waals surface area contributed by atoms with Crippen molar-refractivity contribution in [3.05, 3.63) is 39.9 Å². The highest BCUT2D eigenvalue weighted by Crippen LogP contribution is 2.09. The molecule has 0 saturated carbocycles. The smallest absolute Gasteiger partial charge is 0.258 e. The van der Waals surface area contributed by atoms with Gasteiger partial charge in [-0.15, -0.1) is 0 Å². The van der Waals surface area contributed by atoms with E-state index in [9.17, 15) is 4.79 Å². The van der Waals surface area contributed by atoms with Crippen LogP contribution in [0.2, 0.25) is 0 Å². The summed E-state index contributed by atoms with van der Waals surface area (Å²) < 4.78 is 0. The third-order valence-corrected chi connectivity index (χ3v) is 2.53. The maximum Gasteiger partial charge on any atom is 0.258 e. The summed E-state index contributed by atoms with van der Waals surface area (Å²) in [6.45, 7) is 2.59. The number of nitrogens with one attached hydrogen (secondary N) is 1. The van der Waals surface area contributed by atoms with Crippen molar-refractivity contribution in [2.75, 3.05) is 6.54 Å². The number of aromatic nitrogens is 2. The molecule has 84 valence electrons. The molecule has 2 aromatic rings. The minimum Gasteiger partial charge on any atom is -0.330 e. The Morgan fingerprint density at radius 2 is 2.25 bits per heavy atom. The number of nitrogens with two attached hydrogens (primary N) is 1. The molecular formula is C12H15N3O. The van der Waals surface area contributed by atoms with Crippen LogP contribution in [-0.4, -0.2) is 16.5 Å². The Labute approximate surface area is 93.5 Å². The van der Waals surface area contributed by atoms with Crippen molar-refractivity contribution in [3.63, 3.8) is 0 Å². The average molecular weight is 217 g/mol. The van der Waals surface area contributed by atoms with Crippen molar-refractivity contribution in [2.24, 2.45) is 5.73 Å². The maximum atomic E-state index is 11.7. The van der Waals surface area contributed by atoms with Gasteiger partial charge in [0.1, 0.15) is 5.82 Å². The van der Waals surface area contributed by atoms with Gasteiger partial charge in [-0.3, -0.25) is 4.79 Å². The lowest BCUT2D eigenvalue weighted by atomic mass is 10.1. The quantitative estimate of drug-likeness (QED) is 0.809. The Kier molecular flexibility index (Phi) is 3.01. The first-order valence-corrected chi connectivity index (χ1v) is 5.40. The van der Waals surface area contributed by atoms with Crippen LogP contribution in [0.5, 0.6) is 0 Å². The van der Waals surface area contributed by atoms with Gasteiger partial charge < -0.3 is 10.7 Å². The largest absolute Gasteiger partial charge is 0.330 e. The van der Waals surface area contributed by atoms with Crippen molar-refractivity contribution in [1.29, 1.82) is 0 Å². The lowest BCUT2D eigenvalue weighted by Crippen LogP contribution is -2.13. The van der Waals surface area contributed by atoms with Crippen molar-refractivity contribution in [3.8, 4) is 0 Å². The number of aryl methyl sites for hydroxylation is 2. The number of rotatable bonds is 3. The molecule has 0 spiro atoms. The van der Waals surface area contributed by atoms with E-state index >= 15 is 0 Å². The molecule has 0 aliphatic heterocycles. The number of aromatic amines is 1. The minimum absolute atomic E-state index is 0.0722. The van der Waals surface area contributed by atoms with Gasteiger partial charge in [0, 0.05) is 6.42 Å². The molecular weight excluding hydrogens is 202 g/mol. The van der Waals surface area contributed by atoms with E-state index in [1.807, 2.05) is 25.1 Å². The molecule has 1 aromatic carbocycles. The minimum atomic E-state index is -0.0722. The molecule has 0 aliphatic carbocycles. The van der Waals surface area contributed by atoms with E-state index < -0.39 is 0 Å². The van der Waals surface area contributed by atoms with Crippen LogP contribution in [-0.2, 0) is 6.42 Å². The maximum absolute atomic E-state index is 11.7. The molecule has 1 aromatic heterocycles. The van der Waals surface area contributed by atoms with Crippen LogP contribution in [0.1, 0.15) is 17.8 Å². The van der Waals surface area contributed by atoms with E-state index in [1.54, 1.807) is 0 Å². The summed E-state index contributed by atoms with van der Waals surface area (Å²) in [4.78, 5) is 19.0. The van der Waals surface area contributed by atoms with E-state index in [-0.39, 0.29) is 5.56 Å². The predicted octanol–water partition coefficient (Wildman–Crippen LogP) is 1.12. The number of fused-ring (bicyclic) bond motifs is 1. The Morgan fingerprint density at radius 1 is 1.44 bits per heavy atom. The van der Waals surface area contributed by atoms with Crippen molar-refractivity contribution >= 4 is 10.9 Å². The summed E-state index contributed by atoms with van der Waals surface area (Å²) in [5.41, 5.74) is 7.23. The van der Waals surface area contributed by atoms with Crippen LogP contribution in [0.25, 0.3) is 10.9 Å². The van der Waals surface area contributed by atoms with Crippen LogP contribution < -0.4 is 11.3 Å². The van der Waals surface area contributed by atoms with Crippen LogP contribution in [0.15, 0.2) is 23.0 Å². The van der Waals surface area contributed by atoms with Crippen molar-refractivity contribution in [2.45, 2.75) is 19.8 Å². The summed E-state index contributed by atoms with van der Waals surface area (Å²) in [6, 6.07) is 5.65. The second kappa shape index (κ2) is 4.45. The lowest BCUT2D eigenvalue weighted by Gasteiger charge is -2.02. The van der Waals surface area contributed by atoms with Gasteiger partial charge in [0.2, 0.25) is 0 Å². The number of H-pyrrole nitrogens is 1. The van der Waals surface area contributed by atoms with Crippen LogP contribution in [0, 0.1) is 6.92 Å². The molecule has 4 heteroatoms. The standard InChI is InChI=1S/C12H15N3O/c1-8-4-5-9-10(7-8)14-11(3-2-6-13)15-12(9)16/h4-5,7H,2-3,6,13H2,1H3,(H,14,15,16). The normalized spacial score (nSPS) is 10.9. The van der Waals surface area contributed by atoms with Gasteiger partial charge in [0.05, 0.1) is 10.9 Å². The predicted molar refractivity (Wildman–Crippen MR) is 64.5 cm³/mol. The Morgan fingerprint density at radius 3 is 3.00 bits per heavy atom. The first-order valence-electron chi connectivity index (χ1n) is 5.40. The van der Waals surface area contributed by atoms with Crippen LogP contribution >= 0.6 is 0 Å². The molecule has 0 radical (unpaired) electrons. The van der Waals surface area contributed by atoms with Gasteiger partial charge >= 0.3 is 0 Å². The van der Waals surface area contributed by atoms with E-state index in [0.29, 0.717) is 17.8 Å². The molecule has 0 saturated heterocycles. The molecule has 0 fully saturated rings. The second-order valence-corrected chi connectivity index (χ2v) is 3.93. The zero-order valence-electron chi connectivity index (χ0n) is 9.29. The molecule has 0 aliphatic rings. The highest BCUT2D eigenvalue weighted by molar-refractivity contribution is 5.78. The zero-order valence-corrected chi connectivity index (χ0v) is 9.29. The van der Waals surface area contributed by atoms with E-state index in [4.69, 9.17) is 5.73 Å². The fourth-order valence-electron chi connectivity index (χ4n) is 1.69. The molecule has 0 unspecified atom stereocenters. The second-order valence-electron chi connectivity index (χ2n) is 3.93. The number of hydrogen-bond acceptors (Lipinski definition) is 3. The topological polar surface area (TPSA) is 71.8 Å². The molecule has 16 heavy (non-hydrogen) atoms. The summed E-state index contributed by atoms with van der Waals surface area (Å²) in [5.74, 6) is 0.716. The zero-order chi connectivity index (χ0) is 11.5. The Hall–Kier alpha value is -1.68. The first kappa shape index (κ1) is 10.8. The number of hydrogen-bond donors (Lipinski definition) is 2. The average Bonchev–Trinajstić information content (AvgIpc) is 2.25. The van der Waals surface area contributed by atoms with Gasteiger partial charge in [-0.2, -0.15) is 0 Å². The van der Waals surface area contributed by atoms with Gasteiger partial charge in [-0.05, 0) is 37.6 Å². The highest BCUT2D eigenvalue weighted by Gasteiger charge is 2.03. The molecule has 0 bridgehead atoms. The third-order valence-electron chi connectivity index (χ3n) is 2.53. The fraction of sp³-hybridized carbons (Fsp3) is 0.333. The lowest BCUT2D eigenvalue weighted by molar-refractivity contribution is 0.782. The Bertz CT molecular complexity index is 560. The summed E-state index contributed by atoms with van der Waals surface area (Å²) in [7, 11) is 0. The van der Waals surface area contributed by atoms with Gasteiger partial charge in [0.15, 0.2) is 0 Å². The van der Waals surface area contributed by atoms with Crippen molar-refractivity contribution in [1.82, 2.24) is 9.97 Å². The molecule has 0 atom stereocenters. The monoisotopic (exact) mass is 217 g/mol. The molecule has 2 rings (SSSR count). The molecule has 0 amide bonds. The Balaban J connectivity index is 2.52. The molecule has 1 heterocycles. The molecule has 4 nitrogen and oxygen atoms in total. The SMILES string of the molecule is Cc1ccc2c(=O)[nH]c(CCCN)nc2c1. The third kappa shape index (κ3) is 2.12. The fourth-order valence-corrected chi connectivity index (χ4v) is 1.69. The highest BCUT2D eigenvalue weighted by atomic mass is 16.1. The van der Waals surface area contributed by atoms with E-state index in [2.05, 4.69) is 9.97 Å². The van der Waals surface area contributed by atoms with Gasteiger partial charge in [-0.1, -0.05) is 6.07 Å². The molecule has 3 N–H and O–H groups in total. The van der Waals surface area contributed by atoms with E-state index in [1.165, 1.54) is 0 Å². The number of nitrogens with zero attached hydrogens (tertiary/aromatic N) is 1. The number of benzene rings is 1. The van der Waals surface area contributed by atoms with E-state index in [0.717, 1.165) is 23.9 Å². The summed E-state index contributed by atoms with van der Waals surface area (Å²) in [5, 5.41) is 0.641. The van der Waals surface area contributed by atoms with Crippen LogP contribution in [0.4, 0.5) is 0 Å². The summed E-state index contributed by atoms with van der Waals surface area (Å²) in [6.07, 6.45) is 1.55. The van der Waals surface area contributed by atoms with Gasteiger partial charge in [-0.25, -0.2) is 4.98 Å². The van der Waals surface area contributed by atoms with Crippen LogP contribution in [0.3, 0.4) is 0 Å². The first-order chi connectivity index (χ1) is 7.70. The van der Waals surface area contributed by atoms with Crippen molar-refractivity contribution < 1.29 is 0 Å². The summed E-state index contributed by atoms with van der Waals surface area (Å²) >= 11 is 0. The van der Waals surface area contributed by atoms with Gasteiger partial charge in [0.25, 0.3) is 5.56 Å².